The maximum Gasteiger partial charge on any atom is 0.109 e. The summed E-state index contributed by atoms with van der Waals surface area (Å²) in [5.41, 5.74) is 1.97. The predicted octanol–water partition coefficient (Wildman–Crippen LogP) is 4.51. The van der Waals surface area contributed by atoms with Gasteiger partial charge in [-0.2, -0.15) is 0 Å². The average Bonchev–Trinajstić information content (AvgIpc) is 2.69. The summed E-state index contributed by atoms with van der Waals surface area (Å²) in [6.45, 7) is 14.3. The summed E-state index contributed by atoms with van der Waals surface area (Å²) in [4.78, 5) is 0. The molecule has 3 saturated carbocycles. The summed E-state index contributed by atoms with van der Waals surface area (Å²) >= 11 is 0. The third kappa shape index (κ3) is 3.83. The highest BCUT2D eigenvalue weighted by Gasteiger charge is 2.56. The molecule has 0 N–H and O–H groups in total. The van der Waals surface area contributed by atoms with Crippen molar-refractivity contribution in [2.45, 2.75) is 52.7 Å². The molecule has 0 spiro atoms. The third-order valence-corrected chi connectivity index (χ3v) is 8.12. The molecule has 1 aromatic rings. The lowest BCUT2D eigenvalue weighted by Crippen LogP contribution is -2.62. The number of hydrogen-bond donors (Lipinski definition) is 0. The zero-order valence-corrected chi connectivity index (χ0v) is 17.5. The molecule has 1 aliphatic heterocycles. The lowest BCUT2D eigenvalue weighted by Gasteiger charge is -2.61. The zero-order valence-electron chi connectivity index (χ0n) is 17.5. The van der Waals surface area contributed by atoms with Crippen LogP contribution in [0, 0.1) is 23.2 Å². The molecular formula is C24H38NO2+. The second-order valence-corrected chi connectivity index (χ2v) is 9.82. The Labute approximate surface area is 165 Å². The van der Waals surface area contributed by atoms with Crippen LogP contribution in [0.4, 0.5) is 0 Å². The Kier molecular flexibility index (Phi) is 5.64. The molecule has 4 aliphatic rings. The van der Waals surface area contributed by atoms with Gasteiger partial charge in [-0.3, -0.25) is 0 Å². The highest BCUT2D eigenvalue weighted by atomic mass is 16.5. The lowest BCUT2D eigenvalue weighted by atomic mass is 9.45. The molecule has 2 bridgehead atoms. The smallest absolute Gasteiger partial charge is 0.109 e. The Morgan fingerprint density at radius 1 is 1.15 bits per heavy atom. The minimum Gasteiger partial charge on any atom is -0.372 e. The molecule has 3 nitrogen and oxygen atoms in total. The number of morpholine rings is 1. The fourth-order valence-corrected chi connectivity index (χ4v) is 6.33. The van der Waals surface area contributed by atoms with Crippen molar-refractivity contribution in [3.8, 4) is 0 Å². The van der Waals surface area contributed by atoms with Crippen LogP contribution in [0.5, 0.6) is 0 Å². The molecule has 0 radical (unpaired) electrons. The van der Waals surface area contributed by atoms with E-state index in [1.807, 2.05) is 0 Å². The summed E-state index contributed by atoms with van der Waals surface area (Å²) in [6.07, 6.45) is 4.59. The number of ether oxygens (including phenoxy) is 2. The molecule has 5 rings (SSSR count). The van der Waals surface area contributed by atoms with Gasteiger partial charge in [-0.05, 0) is 49.4 Å². The normalized spacial score (nSPS) is 32.5. The zero-order chi connectivity index (χ0) is 18.9. The van der Waals surface area contributed by atoms with E-state index >= 15 is 0 Å². The molecule has 3 aliphatic carbocycles. The molecule has 3 heteroatoms. The minimum atomic E-state index is 0.391. The van der Waals surface area contributed by atoms with Gasteiger partial charge in [0, 0.05) is 12.2 Å². The van der Waals surface area contributed by atoms with Crippen molar-refractivity contribution in [3.05, 3.63) is 35.9 Å². The fourth-order valence-electron chi connectivity index (χ4n) is 6.33. The highest BCUT2D eigenvalue weighted by Crippen LogP contribution is 2.62. The first kappa shape index (κ1) is 19.4. The van der Waals surface area contributed by atoms with Crippen molar-refractivity contribution in [1.29, 1.82) is 0 Å². The second-order valence-electron chi connectivity index (χ2n) is 9.82. The number of hydrogen-bond acceptors (Lipinski definition) is 2. The van der Waals surface area contributed by atoms with Gasteiger partial charge < -0.3 is 14.0 Å². The Bertz CT molecular complexity index is 606. The van der Waals surface area contributed by atoms with Crippen LogP contribution in [0.15, 0.2) is 30.3 Å². The summed E-state index contributed by atoms with van der Waals surface area (Å²) in [5, 5.41) is 0. The molecule has 2 unspecified atom stereocenters. The summed E-state index contributed by atoms with van der Waals surface area (Å²) < 4.78 is 13.4. The number of nitrogens with zero attached hydrogens (tertiary/aromatic N) is 1. The van der Waals surface area contributed by atoms with Gasteiger partial charge in [-0.1, -0.05) is 44.2 Å². The van der Waals surface area contributed by atoms with Crippen LogP contribution >= 0.6 is 0 Å². The van der Waals surface area contributed by atoms with Crippen molar-refractivity contribution >= 4 is 0 Å². The summed E-state index contributed by atoms with van der Waals surface area (Å²) in [6, 6.07) is 11.0. The molecule has 1 heterocycles. The van der Waals surface area contributed by atoms with Gasteiger partial charge in [0.15, 0.2) is 0 Å². The predicted molar refractivity (Wildman–Crippen MR) is 109 cm³/mol. The van der Waals surface area contributed by atoms with E-state index in [2.05, 4.69) is 51.1 Å². The van der Waals surface area contributed by atoms with Crippen molar-refractivity contribution in [2.24, 2.45) is 23.2 Å². The molecule has 27 heavy (non-hydrogen) atoms. The first-order chi connectivity index (χ1) is 13.0. The quantitative estimate of drug-likeness (QED) is 0.656. The lowest BCUT2D eigenvalue weighted by molar-refractivity contribution is -0.950. The van der Waals surface area contributed by atoms with Crippen molar-refractivity contribution in [2.75, 3.05) is 39.5 Å². The van der Waals surface area contributed by atoms with Gasteiger partial charge in [0.25, 0.3) is 0 Å². The van der Waals surface area contributed by atoms with Gasteiger partial charge in [-0.15, -0.1) is 0 Å². The first-order valence-electron chi connectivity index (χ1n) is 11.1. The Morgan fingerprint density at radius 2 is 1.89 bits per heavy atom. The van der Waals surface area contributed by atoms with Gasteiger partial charge in [0.1, 0.15) is 32.3 Å². The molecule has 4 atom stereocenters. The van der Waals surface area contributed by atoms with Crippen molar-refractivity contribution in [1.82, 2.24) is 0 Å². The average molecular weight is 373 g/mol. The van der Waals surface area contributed by atoms with E-state index in [1.54, 1.807) is 0 Å². The largest absolute Gasteiger partial charge is 0.372 e. The van der Waals surface area contributed by atoms with Gasteiger partial charge >= 0.3 is 0 Å². The molecule has 0 aromatic heterocycles. The second kappa shape index (κ2) is 7.85. The van der Waals surface area contributed by atoms with E-state index in [-0.39, 0.29) is 0 Å². The van der Waals surface area contributed by atoms with Crippen LogP contribution < -0.4 is 0 Å². The molecular weight excluding hydrogens is 334 g/mol. The van der Waals surface area contributed by atoms with E-state index in [1.165, 1.54) is 24.8 Å². The highest BCUT2D eigenvalue weighted by molar-refractivity contribution is 5.13. The van der Waals surface area contributed by atoms with E-state index in [0.29, 0.717) is 11.5 Å². The topological polar surface area (TPSA) is 18.5 Å². The SMILES string of the molecule is CCOC(C[N+]1(Cc2ccccc2)CCOCC1)C1CC[C@H]2C[C@@H]1C2(C)C. The standard InChI is InChI=1S/C24H38NO2/c1-4-27-23(21-11-10-20-16-22(21)24(20,2)3)18-25(12-14-26-15-13-25)17-19-8-6-5-7-9-19/h5-9,20-23H,4,10-18H2,1-3H3/q+1/t20-,21?,22-,23?/m0/s1. The van der Waals surface area contributed by atoms with Gasteiger partial charge in [0.2, 0.25) is 0 Å². The number of benzene rings is 1. The maximum atomic E-state index is 6.48. The third-order valence-electron chi connectivity index (χ3n) is 8.12. The van der Waals surface area contributed by atoms with Crippen LogP contribution in [-0.4, -0.2) is 50.0 Å². The Morgan fingerprint density at radius 3 is 2.52 bits per heavy atom. The van der Waals surface area contributed by atoms with Crippen LogP contribution in [0.2, 0.25) is 0 Å². The number of rotatable bonds is 7. The van der Waals surface area contributed by atoms with Crippen LogP contribution in [-0.2, 0) is 16.0 Å². The number of quaternary nitrogens is 1. The van der Waals surface area contributed by atoms with E-state index in [4.69, 9.17) is 9.47 Å². The van der Waals surface area contributed by atoms with Crippen LogP contribution in [0.3, 0.4) is 0 Å². The van der Waals surface area contributed by atoms with E-state index in [9.17, 15) is 0 Å². The monoisotopic (exact) mass is 372 g/mol. The molecule has 0 amide bonds. The van der Waals surface area contributed by atoms with E-state index < -0.39 is 0 Å². The number of fused-ring (bicyclic) bond motifs is 2. The maximum absolute atomic E-state index is 6.48. The fraction of sp³-hybridized carbons (Fsp3) is 0.750. The summed E-state index contributed by atoms with van der Waals surface area (Å²) in [5.74, 6) is 2.54. The molecule has 1 aromatic carbocycles. The Balaban J connectivity index is 1.54. The summed E-state index contributed by atoms with van der Waals surface area (Å²) in [7, 11) is 0. The van der Waals surface area contributed by atoms with E-state index in [0.717, 1.165) is 68.2 Å². The Hall–Kier alpha value is -0.900. The van der Waals surface area contributed by atoms with Crippen LogP contribution in [0.25, 0.3) is 0 Å². The molecule has 150 valence electrons. The molecule has 4 fully saturated rings. The van der Waals surface area contributed by atoms with Crippen molar-refractivity contribution in [3.63, 3.8) is 0 Å². The first-order valence-corrected chi connectivity index (χ1v) is 11.1. The molecule has 1 saturated heterocycles. The minimum absolute atomic E-state index is 0.391. The van der Waals surface area contributed by atoms with Crippen molar-refractivity contribution < 1.29 is 14.0 Å². The van der Waals surface area contributed by atoms with Gasteiger partial charge in [-0.25, -0.2) is 0 Å². The van der Waals surface area contributed by atoms with Crippen LogP contribution in [0.1, 0.15) is 45.6 Å². The van der Waals surface area contributed by atoms with Gasteiger partial charge in [0.05, 0.1) is 13.2 Å².